The Labute approximate surface area is 220 Å². The molecule has 2 rings (SSSR count). The lowest BCUT2D eigenvalue weighted by molar-refractivity contribution is -0.217. The zero-order chi connectivity index (χ0) is 28.5. The minimum atomic E-state index is -4.34. The maximum absolute atomic E-state index is 12.9. The van der Waals surface area contributed by atoms with Crippen LogP contribution in [0.4, 0.5) is 0 Å². The number of carbonyl (C=O) groups excluding carboxylic acids is 4. The van der Waals surface area contributed by atoms with E-state index in [0.717, 1.165) is 25.6 Å². The van der Waals surface area contributed by atoms with Gasteiger partial charge in [0.15, 0.2) is 24.0 Å². The molecule has 0 aliphatic carbocycles. The van der Waals surface area contributed by atoms with Crippen molar-refractivity contribution < 1.29 is 55.5 Å². The summed E-state index contributed by atoms with van der Waals surface area (Å²) in [5.74, 6) is -3.60. The molecular formula is C24H31NO12S. The maximum atomic E-state index is 12.9. The first-order valence-corrected chi connectivity index (χ1v) is 13.1. The summed E-state index contributed by atoms with van der Waals surface area (Å²) in [5.41, 5.74) is 0.313. The molecule has 1 fully saturated rings. The van der Waals surface area contributed by atoms with Crippen LogP contribution in [0.2, 0.25) is 0 Å². The monoisotopic (exact) mass is 557 g/mol. The van der Waals surface area contributed by atoms with Gasteiger partial charge in [-0.1, -0.05) is 17.7 Å². The molecule has 0 aromatic heterocycles. The van der Waals surface area contributed by atoms with Gasteiger partial charge in [-0.3, -0.25) is 13.8 Å². The van der Waals surface area contributed by atoms with Crippen LogP contribution in [0.15, 0.2) is 40.9 Å². The molecule has 0 amide bonds. The Morgan fingerprint density at radius 3 is 1.97 bits per heavy atom. The summed E-state index contributed by atoms with van der Waals surface area (Å²) < 4.78 is 57.1. The van der Waals surface area contributed by atoms with Crippen LogP contribution in [0.3, 0.4) is 0 Å². The minimum Gasteiger partial charge on any atom is -0.462 e. The molecule has 0 saturated carbocycles. The Balaban J connectivity index is 2.39. The first kappa shape index (κ1) is 30.7. The zero-order valence-electron chi connectivity index (χ0n) is 21.6. The molecule has 1 aromatic carbocycles. The number of rotatable bonds is 11. The number of hydrogen-bond donors (Lipinski definition) is 1. The second-order valence-electron chi connectivity index (χ2n) is 7.97. The molecule has 210 valence electrons. The highest BCUT2D eigenvalue weighted by Crippen LogP contribution is 2.26. The van der Waals surface area contributed by atoms with Gasteiger partial charge in [0.25, 0.3) is 10.1 Å². The second kappa shape index (κ2) is 13.9. The predicted molar refractivity (Wildman–Crippen MR) is 129 cm³/mol. The molecule has 1 heterocycles. The van der Waals surface area contributed by atoms with Crippen LogP contribution in [0.25, 0.3) is 0 Å². The van der Waals surface area contributed by atoms with E-state index in [-0.39, 0.29) is 18.1 Å². The molecule has 0 bridgehead atoms. The number of nitrogens with one attached hydrogen (secondary N) is 1. The smallest absolute Gasteiger partial charge is 0.347 e. The summed E-state index contributed by atoms with van der Waals surface area (Å²) in [4.78, 5) is 48.1. The Hall–Kier alpha value is -3.49. The third kappa shape index (κ3) is 8.53. The summed E-state index contributed by atoms with van der Waals surface area (Å²) >= 11 is 0. The summed E-state index contributed by atoms with van der Waals surface area (Å²) in [7, 11) is -4.34. The van der Waals surface area contributed by atoms with E-state index in [4.69, 9.17) is 27.9 Å². The van der Waals surface area contributed by atoms with Gasteiger partial charge in [-0.25, -0.2) is 9.59 Å². The van der Waals surface area contributed by atoms with Crippen molar-refractivity contribution in [3.05, 3.63) is 41.6 Å². The van der Waals surface area contributed by atoms with Crippen molar-refractivity contribution in [3.8, 4) is 0 Å². The van der Waals surface area contributed by atoms with E-state index >= 15 is 0 Å². The van der Waals surface area contributed by atoms with Crippen LogP contribution in [0.5, 0.6) is 0 Å². The number of carbonyl (C=O) groups is 4. The van der Waals surface area contributed by atoms with Crippen molar-refractivity contribution in [2.75, 3.05) is 19.8 Å². The van der Waals surface area contributed by atoms with Crippen molar-refractivity contribution in [2.24, 2.45) is 0 Å². The number of ether oxygens (including phenoxy) is 5. The van der Waals surface area contributed by atoms with E-state index in [1.807, 2.05) is 0 Å². The highest BCUT2D eigenvalue weighted by Gasteiger charge is 2.47. The molecular weight excluding hydrogens is 526 g/mol. The minimum absolute atomic E-state index is 0.0193. The third-order valence-electron chi connectivity index (χ3n) is 4.98. The summed E-state index contributed by atoms with van der Waals surface area (Å²) in [6.07, 6.45) is -4.67. The summed E-state index contributed by atoms with van der Waals surface area (Å²) in [5, 5.41) is 2.62. The highest BCUT2D eigenvalue weighted by molar-refractivity contribution is 7.86. The molecule has 14 heteroatoms. The summed E-state index contributed by atoms with van der Waals surface area (Å²) in [6.45, 7) is 6.54. The standard InChI is InChI=1S/C24H31NO12S/c1-6-32-23(28)18(24(29)33-7-2)12-25-22-21(36-16(5)27)20(35-15(4)26)19(13-34-22)37-38(30,31)17-10-8-14(3)9-11-17/h8-12,19-22,25H,6-7,13H2,1-5H3/t19-,20+,21-,22-/m1/s1. The van der Waals surface area contributed by atoms with Crippen molar-refractivity contribution in [3.63, 3.8) is 0 Å². The number of hydrogen-bond acceptors (Lipinski definition) is 13. The molecule has 0 unspecified atom stereocenters. The predicted octanol–water partition coefficient (Wildman–Crippen LogP) is 0.888. The SMILES string of the molecule is CCOC(=O)C(=CN[C@@H]1OC[C@@H](OS(=O)(=O)c2ccc(C)cc2)[C@H](OC(C)=O)[C@H]1OC(C)=O)C(=O)OCC. The zero-order valence-corrected chi connectivity index (χ0v) is 22.4. The Morgan fingerprint density at radius 1 is 0.947 bits per heavy atom. The third-order valence-corrected chi connectivity index (χ3v) is 6.33. The van der Waals surface area contributed by atoms with E-state index in [1.54, 1.807) is 32.9 Å². The average molecular weight is 558 g/mol. The molecule has 4 atom stereocenters. The van der Waals surface area contributed by atoms with Gasteiger partial charge in [-0.05, 0) is 32.9 Å². The molecule has 1 aliphatic rings. The van der Waals surface area contributed by atoms with E-state index in [1.165, 1.54) is 12.1 Å². The van der Waals surface area contributed by atoms with Gasteiger partial charge < -0.3 is 29.0 Å². The fraction of sp³-hybridized carbons (Fsp3) is 0.500. The first-order valence-electron chi connectivity index (χ1n) is 11.7. The van der Waals surface area contributed by atoms with Gasteiger partial charge >= 0.3 is 23.9 Å². The van der Waals surface area contributed by atoms with Crippen molar-refractivity contribution in [2.45, 2.75) is 64.1 Å². The van der Waals surface area contributed by atoms with Gasteiger partial charge in [0.2, 0.25) is 0 Å². The average Bonchev–Trinajstić information content (AvgIpc) is 2.82. The Morgan fingerprint density at radius 2 is 1.47 bits per heavy atom. The van der Waals surface area contributed by atoms with E-state index in [0.29, 0.717) is 0 Å². The number of benzene rings is 1. The van der Waals surface area contributed by atoms with Gasteiger partial charge in [-0.15, -0.1) is 0 Å². The van der Waals surface area contributed by atoms with Crippen molar-refractivity contribution in [1.82, 2.24) is 5.32 Å². The fourth-order valence-corrected chi connectivity index (χ4v) is 4.43. The second-order valence-corrected chi connectivity index (χ2v) is 9.54. The van der Waals surface area contributed by atoms with Gasteiger partial charge in [0.1, 0.15) is 6.10 Å². The lowest BCUT2D eigenvalue weighted by Gasteiger charge is -2.40. The molecule has 1 aromatic rings. The number of aryl methyl sites for hydroxylation is 1. The molecule has 13 nitrogen and oxygen atoms in total. The van der Waals surface area contributed by atoms with Crippen LogP contribution in [0, 0.1) is 6.92 Å². The molecule has 1 aliphatic heterocycles. The molecule has 1 N–H and O–H groups in total. The quantitative estimate of drug-likeness (QED) is 0.102. The van der Waals surface area contributed by atoms with Gasteiger partial charge in [-0.2, -0.15) is 8.42 Å². The fourth-order valence-electron chi connectivity index (χ4n) is 3.36. The molecule has 0 radical (unpaired) electrons. The molecule has 38 heavy (non-hydrogen) atoms. The Bertz CT molecular complexity index is 1130. The highest BCUT2D eigenvalue weighted by atomic mass is 32.2. The van der Waals surface area contributed by atoms with Crippen LogP contribution in [-0.4, -0.2) is 76.7 Å². The first-order chi connectivity index (χ1) is 17.9. The van der Waals surface area contributed by atoms with Crippen LogP contribution < -0.4 is 5.32 Å². The van der Waals surface area contributed by atoms with Crippen LogP contribution >= 0.6 is 0 Å². The lowest BCUT2D eigenvalue weighted by Crippen LogP contribution is -2.60. The molecule has 0 spiro atoms. The maximum Gasteiger partial charge on any atom is 0.347 e. The lowest BCUT2D eigenvalue weighted by atomic mass is 10.0. The van der Waals surface area contributed by atoms with E-state index in [2.05, 4.69) is 5.32 Å². The topological polar surface area (TPSA) is 170 Å². The Kier molecular flexibility index (Phi) is 11.2. The van der Waals surface area contributed by atoms with Crippen LogP contribution in [0.1, 0.15) is 33.3 Å². The number of esters is 4. The van der Waals surface area contributed by atoms with E-state index in [9.17, 15) is 27.6 Å². The van der Waals surface area contributed by atoms with Crippen molar-refractivity contribution in [1.29, 1.82) is 0 Å². The van der Waals surface area contributed by atoms with Gasteiger partial charge in [0.05, 0.1) is 24.7 Å². The normalized spacial score (nSPS) is 21.0. The van der Waals surface area contributed by atoms with Gasteiger partial charge in [0, 0.05) is 20.0 Å². The van der Waals surface area contributed by atoms with E-state index < -0.39 is 70.7 Å². The van der Waals surface area contributed by atoms with Crippen molar-refractivity contribution >= 4 is 34.0 Å². The largest absolute Gasteiger partial charge is 0.462 e. The van der Waals surface area contributed by atoms with Crippen LogP contribution in [-0.2, 0) is 57.2 Å². The molecule has 1 saturated heterocycles. The summed E-state index contributed by atoms with van der Waals surface area (Å²) in [6, 6.07) is 5.85.